The van der Waals surface area contributed by atoms with Gasteiger partial charge in [0.25, 0.3) is 0 Å². The average Bonchev–Trinajstić information content (AvgIpc) is 3.82. The first kappa shape index (κ1) is 39.1. The van der Waals surface area contributed by atoms with Crippen molar-refractivity contribution in [1.82, 2.24) is 15.0 Å². The Morgan fingerprint density at radius 1 is 0.231 bits per heavy atom. The van der Waals surface area contributed by atoms with Gasteiger partial charge in [-0.2, -0.15) is 4.80 Å². The molecule has 0 spiro atoms. The van der Waals surface area contributed by atoms with Gasteiger partial charge in [0.1, 0.15) is 11.0 Å². The molecular formula is C60H43N5. The van der Waals surface area contributed by atoms with Crippen LogP contribution in [0.4, 0.5) is 34.1 Å². The second-order valence-corrected chi connectivity index (χ2v) is 16.0. The Balaban J connectivity index is 0.926. The van der Waals surface area contributed by atoms with Crippen molar-refractivity contribution >= 4 is 45.2 Å². The Morgan fingerprint density at radius 2 is 0.554 bits per heavy atom. The van der Waals surface area contributed by atoms with Crippen molar-refractivity contribution in [3.05, 3.63) is 261 Å². The third-order valence-electron chi connectivity index (χ3n) is 11.8. The molecule has 0 aliphatic rings. The number of aromatic nitrogens is 3. The molecule has 0 radical (unpaired) electrons. The zero-order chi connectivity index (χ0) is 43.4. The van der Waals surface area contributed by atoms with E-state index in [1.165, 1.54) is 33.4 Å². The van der Waals surface area contributed by atoms with E-state index in [1.807, 2.05) is 18.2 Å². The largest absolute Gasteiger partial charge is 0.311 e. The molecular weight excluding hydrogens is 791 g/mol. The maximum atomic E-state index is 5.00. The van der Waals surface area contributed by atoms with Gasteiger partial charge in [-0.1, -0.05) is 158 Å². The Bertz CT molecular complexity index is 3170. The molecule has 0 bridgehead atoms. The van der Waals surface area contributed by atoms with Crippen LogP contribution in [-0.2, 0) is 0 Å². The van der Waals surface area contributed by atoms with E-state index in [1.54, 1.807) is 4.80 Å². The number of hydrogen-bond acceptors (Lipinski definition) is 4. The lowest BCUT2D eigenvalue weighted by Crippen LogP contribution is -2.10. The fourth-order valence-electron chi connectivity index (χ4n) is 8.56. The normalized spacial score (nSPS) is 11.1. The Morgan fingerprint density at radius 3 is 1.00 bits per heavy atom. The van der Waals surface area contributed by atoms with E-state index in [9.17, 15) is 0 Å². The molecule has 0 aliphatic carbocycles. The smallest absolute Gasteiger partial charge is 0.115 e. The minimum atomic E-state index is 0.814. The molecule has 1 aromatic heterocycles. The van der Waals surface area contributed by atoms with Gasteiger partial charge in [-0.3, -0.25) is 0 Å². The highest BCUT2D eigenvalue weighted by atomic mass is 15.5. The zero-order valence-electron chi connectivity index (χ0n) is 35.6. The maximum Gasteiger partial charge on any atom is 0.115 e. The third kappa shape index (κ3) is 8.18. The molecule has 0 fully saturated rings. The highest BCUT2D eigenvalue weighted by Gasteiger charge is 2.17. The number of benzene rings is 10. The van der Waals surface area contributed by atoms with E-state index in [0.29, 0.717) is 0 Å². The number of hydrogen-bond donors (Lipinski definition) is 0. The Hall–Kier alpha value is -8.80. The van der Waals surface area contributed by atoms with Crippen LogP contribution in [0, 0.1) is 0 Å². The molecule has 0 atom stereocenters. The standard InChI is InChI=1S/C60H43N5/c1-5-15-44(16-6-1)48-19-13-21-50(41-48)46-27-31-54(32-28-46)63(55-33-29-47(30-34-55)51-22-14-20-49(42-51)45-17-7-2-8-18-45)56-35-37-57(38-36-56)65-61-59-40-39-58(43-60(59)62-65)64(52-23-9-3-10-24-52)53-25-11-4-12-26-53/h1-43H. The predicted octanol–water partition coefficient (Wildman–Crippen LogP) is 16.0. The summed E-state index contributed by atoms with van der Waals surface area (Å²) >= 11 is 0. The molecule has 5 heteroatoms. The number of nitrogens with zero attached hydrogens (tertiary/aromatic N) is 5. The monoisotopic (exact) mass is 833 g/mol. The fourth-order valence-corrected chi connectivity index (χ4v) is 8.56. The quantitative estimate of drug-likeness (QED) is 0.130. The molecule has 11 aromatic rings. The molecule has 0 aliphatic heterocycles. The van der Waals surface area contributed by atoms with Crippen molar-refractivity contribution in [2.24, 2.45) is 0 Å². The summed E-state index contributed by atoms with van der Waals surface area (Å²) in [6.45, 7) is 0. The second kappa shape index (κ2) is 17.5. The molecule has 0 unspecified atom stereocenters. The highest BCUT2D eigenvalue weighted by Crippen LogP contribution is 2.39. The Labute approximate surface area is 379 Å². The van der Waals surface area contributed by atoms with Gasteiger partial charge in [0.2, 0.25) is 0 Å². The summed E-state index contributed by atoms with van der Waals surface area (Å²) in [6, 6.07) is 91.9. The van der Waals surface area contributed by atoms with E-state index >= 15 is 0 Å². The van der Waals surface area contributed by atoms with Crippen LogP contribution < -0.4 is 9.80 Å². The molecule has 65 heavy (non-hydrogen) atoms. The van der Waals surface area contributed by atoms with E-state index < -0.39 is 0 Å². The SMILES string of the molecule is c1ccc(-c2cccc(-c3ccc(N(c4ccc(-c5cccc(-c6ccccc6)c5)cc4)c4ccc(-n5nc6ccc(N(c7ccccc7)c7ccccc7)cc6n5)cc4)cc3)c2)cc1. The van der Waals surface area contributed by atoms with Gasteiger partial charge in [0, 0.05) is 34.1 Å². The average molecular weight is 834 g/mol. The van der Waals surface area contributed by atoms with Crippen molar-refractivity contribution in [2.45, 2.75) is 0 Å². The van der Waals surface area contributed by atoms with Crippen LogP contribution in [0.2, 0.25) is 0 Å². The first-order valence-electron chi connectivity index (χ1n) is 21.9. The van der Waals surface area contributed by atoms with E-state index in [4.69, 9.17) is 10.2 Å². The van der Waals surface area contributed by atoms with Crippen molar-refractivity contribution in [3.8, 4) is 50.2 Å². The molecule has 11 rings (SSSR count). The van der Waals surface area contributed by atoms with Crippen LogP contribution in [0.15, 0.2) is 261 Å². The number of rotatable bonds is 11. The van der Waals surface area contributed by atoms with Gasteiger partial charge in [-0.25, -0.2) is 0 Å². The molecule has 10 aromatic carbocycles. The molecule has 0 saturated carbocycles. The van der Waals surface area contributed by atoms with E-state index in [-0.39, 0.29) is 0 Å². The van der Waals surface area contributed by atoms with Crippen LogP contribution >= 0.6 is 0 Å². The van der Waals surface area contributed by atoms with Crippen molar-refractivity contribution in [1.29, 1.82) is 0 Å². The first-order chi connectivity index (χ1) is 32.2. The summed E-state index contributed by atoms with van der Waals surface area (Å²) in [7, 11) is 0. The van der Waals surface area contributed by atoms with E-state index in [2.05, 4.69) is 252 Å². The molecule has 308 valence electrons. The Kier molecular flexibility index (Phi) is 10.5. The van der Waals surface area contributed by atoms with Gasteiger partial charge < -0.3 is 9.80 Å². The van der Waals surface area contributed by atoms with Crippen molar-refractivity contribution in [3.63, 3.8) is 0 Å². The number of anilines is 6. The maximum absolute atomic E-state index is 5.00. The van der Waals surface area contributed by atoms with Gasteiger partial charge >= 0.3 is 0 Å². The minimum absolute atomic E-state index is 0.814. The summed E-state index contributed by atoms with van der Waals surface area (Å²) < 4.78 is 0. The number of fused-ring (bicyclic) bond motifs is 1. The predicted molar refractivity (Wildman–Crippen MR) is 270 cm³/mol. The second-order valence-electron chi connectivity index (χ2n) is 16.0. The van der Waals surface area contributed by atoms with Crippen molar-refractivity contribution in [2.75, 3.05) is 9.80 Å². The zero-order valence-corrected chi connectivity index (χ0v) is 35.6. The highest BCUT2D eigenvalue weighted by molar-refractivity contribution is 5.86. The lowest BCUT2D eigenvalue weighted by Gasteiger charge is -2.26. The topological polar surface area (TPSA) is 37.2 Å². The summed E-state index contributed by atoms with van der Waals surface area (Å²) in [5, 5.41) is 9.92. The van der Waals surface area contributed by atoms with Crippen LogP contribution in [0.5, 0.6) is 0 Å². The summed E-state index contributed by atoms with van der Waals surface area (Å²) in [5.41, 5.74) is 18.3. The summed E-state index contributed by atoms with van der Waals surface area (Å²) in [4.78, 5) is 6.28. The van der Waals surface area contributed by atoms with Gasteiger partial charge in [0.05, 0.1) is 5.69 Å². The van der Waals surface area contributed by atoms with Crippen LogP contribution in [0.3, 0.4) is 0 Å². The van der Waals surface area contributed by atoms with Crippen LogP contribution in [0.1, 0.15) is 0 Å². The lowest BCUT2D eigenvalue weighted by atomic mass is 9.98. The van der Waals surface area contributed by atoms with E-state index in [0.717, 1.165) is 62.0 Å². The summed E-state index contributed by atoms with van der Waals surface area (Å²) in [5.74, 6) is 0. The molecule has 1 heterocycles. The molecule has 0 N–H and O–H groups in total. The minimum Gasteiger partial charge on any atom is -0.311 e. The van der Waals surface area contributed by atoms with Crippen LogP contribution in [0.25, 0.3) is 61.2 Å². The van der Waals surface area contributed by atoms with Crippen molar-refractivity contribution < 1.29 is 0 Å². The van der Waals surface area contributed by atoms with Crippen LogP contribution in [-0.4, -0.2) is 15.0 Å². The lowest BCUT2D eigenvalue weighted by molar-refractivity contribution is 0.766. The third-order valence-corrected chi connectivity index (χ3v) is 11.8. The summed E-state index contributed by atoms with van der Waals surface area (Å²) in [6.07, 6.45) is 0. The first-order valence-corrected chi connectivity index (χ1v) is 21.9. The molecule has 0 amide bonds. The number of para-hydroxylation sites is 2. The molecule has 5 nitrogen and oxygen atoms in total. The van der Waals surface area contributed by atoms with Gasteiger partial charge in [0.15, 0.2) is 0 Å². The van der Waals surface area contributed by atoms with Gasteiger partial charge in [-0.15, -0.1) is 10.2 Å². The molecule has 0 saturated heterocycles. The van der Waals surface area contributed by atoms with Gasteiger partial charge in [-0.05, 0) is 148 Å². The fraction of sp³-hybridized carbons (Fsp3) is 0.